The van der Waals surface area contributed by atoms with Crippen LogP contribution >= 0.6 is 0 Å². The Balaban J connectivity index is 1.45. The standard InChI is InChI=1S/C35H56O5/c1-10-39-28(36)22-40-27-14-15-33(6)25(30(27,2)3)13-16-35(8)26(33)12-11-23-24-21-32(5,29(37)38-9)18-17-31(24,4)19-20-34(23,35)7/h11,24-27H,10,12-22H2,1-9H3/t24-,25-,26+,27-,31+,32-,33-,34+,35+/m0/s1. The van der Waals surface area contributed by atoms with Gasteiger partial charge in [0.1, 0.15) is 6.61 Å². The Kier molecular flexibility index (Phi) is 7.41. The molecule has 0 radical (unpaired) electrons. The number of allylic oxidation sites excluding steroid dienone is 2. The monoisotopic (exact) mass is 556 g/mol. The van der Waals surface area contributed by atoms with Crippen LogP contribution in [0.2, 0.25) is 0 Å². The van der Waals surface area contributed by atoms with E-state index in [2.05, 4.69) is 54.5 Å². The molecule has 5 heteroatoms. The molecule has 0 N–H and O–H groups in total. The first kappa shape index (κ1) is 30.1. The van der Waals surface area contributed by atoms with Crippen LogP contribution in [0.3, 0.4) is 0 Å². The highest BCUT2D eigenvalue weighted by Crippen LogP contribution is 2.75. The van der Waals surface area contributed by atoms with Gasteiger partial charge >= 0.3 is 11.9 Å². The van der Waals surface area contributed by atoms with Crippen molar-refractivity contribution < 1.29 is 23.8 Å². The SMILES string of the molecule is CCOC(=O)CO[C@H]1CC[C@]2(C)[C@H]3CC=C4[C@@H]5C[C@@](C)(C(=O)OC)CC[C@]5(C)CC[C@@]4(C)[C@]3(C)CC[C@H]2C1(C)C. The summed E-state index contributed by atoms with van der Waals surface area (Å²) in [6, 6.07) is 0. The number of carbonyl (C=O) groups is 2. The van der Waals surface area contributed by atoms with Crippen LogP contribution in [0.15, 0.2) is 11.6 Å². The minimum Gasteiger partial charge on any atom is -0.469 e. The summed E-state index contributed by atoms with van der Waals surface area (Å²) in [5.74, 6) is 1.35. The Labute approximate surface area is 243 Å². The van der Waals surface area contributed by atoms with Gasteiger partial charge in [0, 0.05) is 0 Å². The van der Waals surface area contributed by atoms with Crippen LogP contribution in [-0.2, 0) is 23.8 Å². The van der Waals surface area contributed by atoms with Gasteiger partial charge in [-0.05, 0) is 123 Å². The Morgan fingerprint density at radius 3 is 2.27 bits per heavy atom. The van der Waals surface area contributed by atoms with Crippen LogP contribution in [-0.4, -0.2) is 38.4 Å². The molecule has 0 spiro atoms. The van der Waals surface area contributed by atoms with E-state index in [4.69, 9.17) is 14.2 Å². The summed E-state index contributed by atoms with van der Waals surface area (Å²) in [7, 11) is 1.55. The average molecular weight is 557 g/mol. The molecule has 0 saturated heterocycles. The van der Waals surface area contributed by atoms with Gasteiger partial charge in [-0.25, -0.2) is 4.79 Å². The second kappa shape index (κ2) is 9.85. The number of rotatable bonds is 5. The molecular weight excluding hydrogens is 500 g/mol. The van der Waals surface area contributed by atoms with Crippen LogP contribution in [0.1, 0.15) is 120 Å². The third-order valence-electron chi connectivity index (χ3n) is 14.2. The highest BCUT2D eigenvalue weighted by atomic mass is 16.6. The molecule has 0 aromatic heterocycles. The molecule has 5 nitrogen and oxygen atoms in total. The lowest BCUT2D eigenvalue weighted by molar-refractivity contribution is -0.213. The molecule has 0 aromatic rings. The molecule has 0 amide bonds. The van der Waals surface area contributed by atoms with Crippen LogP contribution in [0, 0.1) is 50.2 Å². The predicted molar refractivity (Wildman–Crippen MR) is 157 cm³/mol. The maximum absolute atomic E-state index is 12.9. The van der Waals surface area contributed by atoms with Gasteiger partial charge in [0.15, 0.2) is 0 Å². The quantitative estimate of drug-likeness (QED) is 0.254. The Morgan fingerprint density at radius 2 is 1.60 bits per heavy atom. The van der Waals surface area contributed by atoms with Gasteiger partial charge in [-0.15, -0.1) is 0 Å². The largest absolute Gasteiger partial charge is 0.469 e. The first-order valence-electron chi connectivity index (χ1n) is 16.2. The van der Waals surface area contributed by atoms with Crippen LogP contribution in [0.25, 0.3) is 0 Å². The third-order valence-corrected chi connectivity index (χ3v) is 14.2. The van der Waals surface area contributed by atoms with Crippen molar-refractivity contribution in [1.29, 1.82) is 0 Å². The summed E-state index contributed by atoms with van der Waals surface area (Å²) < 4.78 is 16.7. The van der Waals surface area contributed by atoms with Crippen molar-refractivity contribution in [2.75, 3.05) is 20.3 Å². The molecular formula is C35H56O5. The van der Waals surface area contributed by atoms with Crippen molar-refractivity contribution in [3.05, 3.63) is 11.6 Å². The number of carbonyl (C=O) groups excluding carboxylic acids is 2. The lowest BCUT2D eigenvalue weighted by atomic mass is 9.33. The fourth-order valence-corrected chi connectivity index (χ4v) is 11.4. The maximum atomic E-state index is 12.9. The molecule has 0 aromatic carbocycles. The summed E-state index contributed by atoms with van der Waals surface area (Å²) in [5.41, 5.74) is 2.19. The van der Waals surface area contributed by atoms with Gasteiger partial charge in [0.05, 0.1) is 25.2 Å². The van der Waals surface area contributed by atoms with Crippen LogP contribution in [0.4, 0.5) is 0 Å². The molecule has 5 rings (SSSR count). The van der Waals surface area contributed by atoms with E-state index in [-0.39, 0.29) is 57.1 Å². The lowest BCUT2D eigenvalue weighted by Gasteiger charge is -2.71. The Morgan fingerprint density at radius 1 is 0.900 bits per heavy atom. The maximum Gasteiger partial charge on any atom is 0.332 e. The fourth-order valence-electron chi connectivity index (χ4n) is 11.4. The van der Waals surface area contributed by atoms with Gasteiger partial charge < -0.3 is 14.2 Å². The molecule has 4 saturated carbocycles. The van der Waals surface area contributed by atoms with Gasteiger partial charge in [0.2, 0.25) is 0 Å². The van der Waals surface area contributed by atoms with Crippen LogP contribution < -0.4 is 0 Å². The Bertz CT molecular complexity index is 1060. The predicted octanol–water partition coefficient (Wildman–Crippen LogP) is 7.91. The van der Waals surface area contributed by atoms with E-state index in [1.807, 2.05) is 6.92 Å². The molecule has 0 heterocycles. The van der Waals surface area contributed by atoms with E-state index in [1.54, 1.807) is 12.7 Å². The van der Waals surface area contributed by atoms with Crippen LogP contribution in [0.5, 0.6) is 0 Å². The Hall–Kier alpha value is -1.36. The topological polar surface area (TPSA) is 61.8 Å². The van der Waals surface area contributed by atoms with E-state index in [0.717, 1.165) is 38.5 Å². The minimum absolute atomic E-state index is 0.00254. The number of hydrogen-bond donors (Lipinski definition) is 0. The van der Waals surface area contributed by atoms with E-state index >= 15 is 0 Å². The van der Waals surface area contributed by atoms with Gasteiger partial charge in [-0.2, -0.15) is 0 Å². The molecule has 0 bridgehead atoms. The van der Waals surface area contributed by atoms with E-state index in [0.29, 0.717) is 24.4 Å². The number of ether oxygens (including phenoxy) is 3. The average Bonchev–Trinajstić information content (AvgIpc) is 2.89. The number of methoxy groups -OCH3 is 1. The number of esters is 2. The zero-order valence-corrected chi connectivity index (χ0v) is 26.9. The zero-order chi connectivity index (χ0) is 29.4. The summed E-state index contributed by atoms with van der Waals surface area (Å²) >= 11 is 0. The number of fused-ring (bicyclic) bond motifs is 7. The first-order chi connectivity index (χ1) is 18.6. The highest BCUT2D eigenvalue weighted by Gasteiger charge is 2.68. The molecule has 9 atom stereocenters. The summed E-state index contributed by atoms with van der Waals surface area (Å²) in [6.07, 6.45) is 13.9. The van der Waals surface area contributed by atoms with Crippen molar-refractivity contribution in [3.63, 3.8) is 0 Å². The van der Waals surface area contributed by atoms with E-state index < -0.39 is 0 Å². The third kappa shape index (κ3) is 4.17. The molecule has 5 aliphatic rings. The zero-order valence-electron chi connectivity index (χ0n) is 26.9. The molecule has 0 unspecified atom stereocenters. The smallest absolute Gasteiger partial charge is 0.332 e. The molecule has 4 fully saturated rings. The van der Waals surface area contributed by atoms with Crippen molar-refractivity contribution in [2.24, 2.45) is 50.2 Å². The minimum atomic E-state index is -0.384. The van der Waals surface area contributed by atoms with Gasteiger partial charge in [0.25, 0.3) is 0 Å². The van der Waals surface area contributed by atoms with Gasteiger partial charge in [-0.1, -0.05) is 53.2 Å². The first-order valence-corrected chi connectivity index (χ1v) is 16.2. The summed E-state index contributed by atoms with van der Waals surface area (Å²) in [5, 5.41) is 0. The van der Waals surface area contributed by atoms with Crippen molar-refractivity contribution >= 4 is 11.9 Å². The van der Waals surface area contributed by atoms with E-state index in [9.17, 15) is 9.59 Å². The second-order valence-electron chi connectivity index (χ2n) is 16.2. The van der Waals surface area contributed by atoms with Crippen molar-refractivity contribution in [1.82, 2.24) is 0 Å². The highest BCUT2D eigenvalue weighted by molar-refractivity contribution is 5.76. The van der Waals surface area contributed by atoms with Crippen molar-refractivity contribution in [2.45, 2.75) is 126 Å². The van der Waals surface area contributed by atoms with Gasteiger partial charge in [-0.3, -0.25) is 4.79 Å². The van der Waals surface area contributed by atoms with E-state index in [1.165, 1.54) is 25.7 Å². The molecule has 5 aliphatic carbocycles. The second-order valence-corrected chi connectivity index (χ2v) is 16.2. The summed E-state index contributed by atoms with van der Waals surface area (Å²) in [4.78, 5) is 25.0. The molecule has 226 valence electrons. The fraction of sp³-hybridized carbons (Fsp3) is 0.886. The summed E-state index contributed by atoms with van der Waals surface area (Å²) in [6.45, 7) is 19.5. The van der Waals surface area contributed by atoms with Crippen molar-refractivity contribution in [3.8, 4) is 0 Å². The number of hydrogen-bond acceptors (Lipinski definition) is 5. The molecule has 0 aliphatic heterocycles. The normalized spacial score (nSPS) is 47.5. The lowest BCUT2D eigenvalue weighted by Crippen LogP contribution is -2.64. The molecule has 40 heavy (non-hydrogen) atoms.